The number of nitrogens with one attached hydrogen (secondary N) is 1. The highest BCUT2D eigenvalue weighted by molar-refractivity contribution is 5.84. The summed E-state index contributed by atoms with van der Waals surface area (Å²) in [6.07, 6.45) is 1.47. The number of carboxylic acids is 1. The van der Waals surface area contributed by atoms with Crippen LogP contribution in [0.3, 0.4) is 0 Å². The molecule has 15 heavy (non-hydrogen) atoms. The highest BCUT2D eigenvalue weighted by atomic mass is 16.5. The Morgan fingerprint density at radius 1 is 1.53 bits per heavy atom. The third kappa shape index (κ3) is 1.94. The summed E-state index contributed by atoms with van der Waals surface area (Å²) < 4.78 is 6.55. The van der Waals surface area contributed by atoms with E-state index in [-0.39, 0.29) is 17.3 Å². The van der Waals surface area contributed by atoms with Crippen molar-refractivity contribution in [1.29, 1.82) is 0 Å². The largest absolute Gasteiger partial charge is 0.477 e. The molecular weight excluding hydrogens is 200 g/mol. The van der Waals surface area contributed by atoms with Gasteiger partial charge in [-0.3, -0.25) is 9.89 Å². The van der Waals surface area contributed by atoms with Crippen LogP contribution in [0, 0.1) is 0 Å². The molecule has 6 nitrogen and oxygen atoms in total. The first-order valence-corrected chi connectivity index (χ1v) is 4.81. The fraction of sp³-hybridized carbons (Fsp3) is 0.556. The Balaban J connectivity index is 2.27. The highest BCUT2D eigenvalue weighted by Gasteiger charge is 2.19. The summed E-state index contributed by atoms with van der Waals surface area (Å²) >= 11 is 0. The lowest BCUT2D eigenvalue weighted by Gasteiger charge is -2.22. The van der Waals surface area contributed by atoms with Gasteiger partial charge in [0.05, 0.1) is 6.04 Å². The summed E-state index contributed by atoms with van der Waals surface area (Å²) in [5, 5.41) is 11.3. The molecule has 1 saturated heterocycles. The predicted molar refractivity (Wildman–Crippen MR) is 51.1 cm³/mol. The molecule has 1 aromatic heterocycles. The second kappa shape index (κ2) is 3.90. The Bertz CT molecular complexity index is 414. The topological polar surface area (TPSA) is 84.3 Å². The fourth-order valence-electron chi connectivity index (χ4n) is 1.73. The lowest BCUT2D eigenvalue weighted by atomic mass is 10.1. The van der Waals surface area contributed by atoms with Gasteiger partial charge in [0.15, 0.2) is 0 Å². The van der Waals surface area contributed by atoms with Crippen molar-refractivity contribution in [3.63, 3.8) is 0 Å². The molecule has 1 fully saturated rings. The van der Waals surface area contributed by atoms with Crippen LogP contribution in [0.4, 0.5) is 0 Å². The zero-order chi connectivity index (χ0) is 10.8. The maximum absolute atomic E-state index is 11.5. The maximum Gasteiger partial charge on any atom is 0.353 e. The number of rotatable bonds is 2. The molecule has 0 spiro atoms. The van der Waals surface area contributed by atoms with E-state index in [0.717, 1.165) is 18.9 Å². The minimum atomic E-state index is -1.11. The molecule has 82 valence electrons. The quantitative estimate of drug-likeness (QED) is 0.734. The van der Waals surface area contributed by atoms with E-state index in [2.05, 4.69) is 5.10 Å². The van der Waals surface area contributed by atoms with Crippen LogP contribution in [0.5, 0.6) is 0 Å². The number of ether oxygens (including phenoxy) is 1. The third-order valence-corrected chi connectivity index (χ3v) is 2.53. The van der Waals surface area contributed by atoms with Gasteiger partial charge in [-0.25, -0.2) is 9.48 Å². The number of hydrogen-bond acceptors (Lipinski definition) is 3. The highest BCUT2D eigenvalue weighted by Crippen LogP contribution is 2.17. The molecule has 0 unspecified atom stereocenters. The molecule has 6 heteroatoms. The molecule has 1 aromatic rings. The van der Waals surface area contributed by atoms with Crippen LogP contribution >= 0.6 is 0 Å². The molecule has 0 bridgehead atoms. The van der Waals surface area contributed by atoms with Gasteiger partial charge in [-0.05, 0) is 12.8 Å². The van der Waals surface area contributed by atoms with Gasteiger partial charge in [0.1, 0.15) is 5.69 Å². The van der Waals surface area contributed by atoms with Crippen LogP contribution < -0.4 is 5.56 Å². The van der Waals surface area contributed by atoms with Crippen LogP contribution in [0.1, 0.15) is 29.4 Å². The molecule has 2 rings (SSSR count). The van der Waals surface area contributed by atoms with Crippen LogP contribution in [0.15, 0.2) is 10.9 Å². The second-order valence-electron chi connectivity index (χ2n) is 3.53. The Labute approximate surface area is 85.5 Å². The van der Waals surface area contributed by atoms with E-state index in [1.54, 1.807) is 0 Å². The summed E-state index contributed by atoms with van der Waals surface area (Å²) in [4.78, 5) is 22.1. The smallest absolute Gasteiger partial charge is 0.353 e. The molecule has 0 saturated carbocycles. The van der Waals surface area contributed by atoms with E-state index >= 15 is 0 Å². The molecule has 2 N–H and O–H groups in total. The normalized spacial score (nSPS) is 17.9. The van der Waals surface area contributed by atoms with Crippen molar-refractivity contribution >= 4 is 5.97 Å². The van der Waals surface area contributed by atoms with Crippen molar-refractivity contribution in [3.8, 4) is 0 Å². The molecule has 1 aliphatic rings. The lowest BCUT2D eigenvalue weighted by Crippen LogP contribution is -2.27. The van der Waals surface area contributed by atoms with Gasteiger partial charge in [-0.1, -0.05) is 0 Å². The minimum Gasteiger partial charge on any atom is -0.477 e. The SMILES string of the molecule is O=C(O)c1cc(=O)n(C2CCOCC2)[nH]1. The van der Waals surface area contributed by atoms with Gasteiger partial charge >= 0.3 is 5.97 Å². The number of nitrogens with zero attached hydrogens (tertiary/aromatic N) is 1. The molecule has 2 heterocycles. The number of carboxylic acid groups (broad SMARTS) is 1. The first-order valence-electron chi connectivity index (χ1n) is 4.81. The van der Waals surface area contributed by atoms with Gasteiger partial charge < -0.3 is 9.84 Å². The van der Waals surface area contributed by atoms with Crippen molar-refractivity contribution in [2.75, 3.05) is 13.2 Å². The number of carbonyl (C=O) groups is 1. The summed E-state index contributed by atoms with van der Waals surface area (Å²) in [5.74, 6) is -1.11. The summed E-state index contributed by atoms with van der Waals surface area (Å²) in [6.45, 7) is 1.22. The monoisotopic (exact) mass is 212 g/mol. The predicted octanol–water partition coefficient (Wildman–Crippen LogP) is 0.226. The van der Waals surface area contributed by atoms with Gasteiger partial charge in [0.25, 0.3) is 5.56 Å². The number of H-pyrrole nitrogens is 1. The Hall–Kier alpha value is -1.56. The maximum atomic E-state index is 11.5. The first-order chi connectivity index (χ1) is 7.18. The Morgan fingerprint density at radius 3 is 2.73 bits per heavy atom. The van der Waals surface area contributed by atoms with Gasteiger partial charge in [-0.2, -0.15) is 0 Å². The first kappa shape index (κ1) is 9.97. The average Bonchev–Trinajstić information content (AvgIpc) is 2.62. The molecule has 0 aromatic carbocycles. The number of hydrogen-bond donors (Lipinski definition) is 2. The molecule has 0 radical (unpaired) electrons. The van der Waals surface area contributed by atoms with Crippen molar-refractivity contribution in [3.05, 3.63) is 22.1 Å². The van der Waals surface area contributed by atoms with Crippen molar-refractivity contribution < 1.29 is 14.6 Å². The van der Waals surface area contributed by atoms with Gasteiger partial charge in [-0.15, -0.1) is 0 Å². The summed E-state index contributed by atoms with van der Waals surface area (Å²) in [5.41, 5.74) is -0.356. The second-order valence-corrected chi connectivity index (χ2v) is 3.53. The third-order valence-electron chi connectivity index (χ3n) is 2.53. The van der Waals surface area contributed by atoms with E-state index in [1.165, 1.54) is 4.68 Å². The lowest BCUT2D eigenvalue weighted by molar-refractivity contribution is 0.0638. The standard InChI is InChI=1S/C9H12N2O4/c12-8-5-7(9(13)14)10-11(8)6-1-3-15-4-2-6/h5-6,10H,1-4H2,(H,13,14). The van der Waals surface area contributed by atoms with Crippen molar-refractivity contribution in [1.82, 2.24) is 9.78 Å². The summed E-state index contributed by atoms with van der Waals surface area (Å²) in [7, 11) is 0. The zero-order valence-corrected chi connectivity index (χ0v) is 8.10. The van der Waals surface area contributed by atoms with Crippen LogP contribution in [-0.2, 0) is 4.74 Å². The average molecular weight is 212 g/mol. The van der Waals surface area contributed by atoms with Gasteiger partial charge in [0, 0.05) is 19.3 Å². The summed E-state index contributed by atoms with van der Waals surface area (Å²) in [6, 6.07) is 1.14. The van der Waals surface area contributed by atoms with Crippen molar-refractivity contribution in [2.45, 2.75) is 18.9 Å². The number of aromatic nitrogens is 2. The molecule has 0 aliphatic carbocycles. The van der Waals surface area contributed by atoms with E-state index in [0.29, 0.717) is 13.2 Å². The van der Waals surface area contributed by atoms with E-state index in [1.807, 2.05) is 0 Å². The Kier molecular flexibility index (Phi) is 2.59. The molecule has 0 amide bonds. The Morgan fingerprint density at radius 2 is 2.20 bits per heavy atom. The van der Waals surface area contributed by atoms with E-state index < -0.39 is 5.97 Å². The van der Waals surface area contributed by atoms with Crippen LogP contribution in [-0.4, -0.2) is 34.1 Å². The van der Waals surface area contributed by atoms with E-state index in [9.17, 15) is 9.59 Å². The minimum absolute atomic E-state index is 0.0272. The molecular formula is C9H12N2O4. The van der Waals surface area contributed by atoms with Crippen LogP contribution in [0.2, 0.25) is 0 Å². The molecule has 1 aliphatic heterocycles. The fourth-order valence-corrected chi connectivity index (χ4v) is 1.73. The van der Waals surface area contributed by atoms with E-state index in [4.69, 9.17) is 9.84 Å². The zero-order valence-electron chi connectivity index (χ0n) is 8.10. The van der Waals surface area contributed by atoms with Crippen molar-refractivity contribution in [2.24, 2.45) is 0 Å². The van der Waals surface area contributed by atoms with Gasteiger partial charge in [0.2, 0.25) is 0 Å². The number of aromatic carboxylic acids is 1. The molecule has 0 atom stereocenters. The number of aromatic amines is 1. The van der Waals surface area contributed by atoms with Crippen LogP contribution in [0.25, 0.3) is 0 Å².